The molecule has 0 heterocycles. The van der Waals surface area contributed by atoms with Crippen LogP contribution in [-0.4, -0.2) is 23.1 Å². The van der Waals surface area contributed by atoms with Crippen molar-refractivity contribution in [2.75, 3.05) is 0 Å². The molecule has 1 rings (SSSR count). The monoisotopic (exact) mass is 194 g/mol. The van der Waals surface area contributed by atoms with Gasteiger partial charge in [0.05, 0.1) is 0 Å². The van der Waals surface area contributed by atoms with Crippen LogP contribution in [0.15, 0.2) is 24.3 Å². The zero-order valence-electron chi connectivity index (χ0n) is 7.80. The van der Waals surface area contributed by atoms with E-state index in [0.29, 0.717) is 11.2 Å². The van der Waals surface area contributed by atoms with E-state index in [1.54, 1.807) is 19.1 Å². The molecule has 14 heavy (non-hydrogen) atoms. The van der Waals surface area contributed by atoms with E-state index in [-0.39, 0.29) is 12.4 Å². The summed E-state index contributed by atoms with van der Waals surface area (Å²) >= 11 is 0. The van der Waals surface area contributed by atoms with Crippen LogP contribution in [0.3, 0.4) is 0 Å². The van der Waals surface area contributed by atoms with E-state index in [4.69, 9.17) is 14.8 Å². The molecule has 0 atom stereocenters. The lowest BCUT2D eigenvalue weighted by atomic mass is 9.80. The van der Waals surface area contributed by atoms with Gasteiger partial charge in [0, 0.05) is 6.42 Å². The Labute approximate surface area is 82.3 Å². The van der Waals surface area contributed by atoms with Gasteiger partial charge >= 0.3 is 13.1 Å². The second-order valence-corrected chi connectivity index (χ2v) is 2.77. The van der Waals surface area contributed by atoms with Crippen LogP contribution in [0.1, 0.15) is 13.3 Å². The molecule has 0 radical (unpaired) electrons. The molecule has 0 spiro atoms. The average molecular weight is 194 g/mol. The van der Waals surface area contributed by atoms with Crippen LogP contribution in [0.2, 0.25) is 0 Å². The summed E-state index contributed by atoms with van der Waals surface area (Å²) in [5.41, 5.74) is 0.298. The Kier molecular flexibility index (Phi) is 3.68. The number of rotatable bonds is 3. The third-order valence-electron chi connectivity index (χ3n) is 1.68. The fraction of sp³-hybridized carbons (Fsp3) is 0.222. The molecular weight excluding hydrogens is 183 g/mol. The highest BCUT2D eigenvalue weighted by Gasteiger charge is 2.11. The second-order valence-electron chi connectivity index (χ2n) is 2.77. The van der Waals surface area contributed by atoms with Crippen molar-refractivity contribution < 1.29 is 19.6 Å². The molecule has 4 nitrogen and oxygen atoms in total. The first-order chi connectivity index (χ1) is 6.63. The number of carbonyl (C=O) groups excluding carboxylic acids is 1. The first-order valence-electron chi connectivity index (χ1n) is 4.30. The molecule has 5 heteroatoms. The normalized spacial score (nSPS) is 9.64. The van der Waals surface area contributed by atoms with E-state index >= 15 is 0 Å². The van der Waals surface area contributed by atoms with Crippen molar-refractivity contribution in [3.05, 3.63) is 24.3 Å². The SMILES string of the molecule is CCC(=O)Oc1cccc(B(O)O)c1. The molecule has 0 unspecified atom stereocenters. The predicted molar refractivity (Wildman–Crippen MR) is 52.2 cm³/mol. The third kappa shape index (κ3) is 2.87. The fourth-order valence-corrected chi connectivity index (χ4v) is 0.942. The highest BCUT2D eigenvalue weighted by molar-refractivity contribution is 6.58. The van der Waals surface area contributed by atoms with Gasteiger partial charge in [0.2, 0.25) is 0 Å². The Morgan fingerprint density at radius 2 is 2.21 bits per heavy atom. The molecule has 0 saturated heterocycles. The largest absolute Gasteiger partial charge is 0.488 e. The highest BCUT2D eigenvalue weighted by atomic mass is 16.5. The van der Waals surface area contributed by atoms with Crippen LogP contribution < -0.4 is 10.2 Å². The van der Waals surface area contributed by atoms with Crippen molar-refractivity contribution in [3.63, 3.8) is 0 Å². The van der Waals surface area contributed by atoms with Gasteiger partial charge in [-0.05, 0) is 17.6 Å². The van der Waals surface area contributed by atoms with E-state index in [1.165, 1.54) is 12.1 Å². The first-order valence-corrected chi connectivity index (χ1v) is 4.30. The number of hydrogen-bond donors (Lipinski definition) is 2. The summed E-state index contributed by atoms with van der Waals surface area (Å²) in [5.74, 6) is -0.0305. The van der Waals surface area contributed by atoms with E-state index in [1.807, 2.05) is 0 Å². The maximum Gasteiger partial charge on any atom is 0.488 e. The molecule has 0 saturated carbocycles. The van der Waals surface area contributed by atoms with E-state index in [2.05, 4.69) is 0 Å². The van der Waals surface area contributed by atoms with Crippen molar-refractivity contribution in [1.29, 1.82) is 0 Å². The summed E-state index contributed by atoms with van der Waals surface area (Å²) in [7, 11) is -1.55. The van der Waals surface area contributed by atoms with Crippen LogP contribution in [0.5, 0.6) is 5.75 Å². The lowest BCUT2D eigenvalue weighted by Gasteiger charge is -2.04. The Hall–Kier alpha value is -1.33. The van der Waals surface area contributed by atoms with Gasteiger partial charge in [-0.15, -0.1) is 0 Å². The number of benzene rings is 1. The molecule has 0 aliphatic rings. The Morgan fingerprint density at radius 3 is 2.79 bits per heavy atom. The van der Waals surface area contributed by atoms with Crippen molar-refractivity contribution in [2.24, 2.45) is 0 Å². The molecule has 0 aliphatic carbocycles. The molecule has 1 aromatic carbocycles. The lowest BCUT2D eigenvalue weighted by molar-refractivity contribution is -0.134. The van der Waals surface area contributed by atoms with E-state index < -0.39 is 7.12 Å². The molecule has 0 aliphatic heterocycles. The minimum Gasteiger partial charge on any atom is -0.427 e. The van der Waals surface area contributed by atoms with Crippen LogP contribution in [0.25, 0.3) is 0 Å². The predicted octanol–water partition coefficient (Wildman–Crippen LogP) is -0.318. The van der Waals surface area contributed by atoms with Gasteiger partial charge in [-0.25, -0.2) is 0 Å². The molecule has 0 amide bonds. The smallest absolute Gasteiger partial charge is 0.427 e. The van der Waals surface area contributed by atoms with Gasteiger partial charge in [0.25, 0.3) is 0 Å². The van der Waals surface area contributed by atoms with Crippen molar-refractivity contribution in [1.82, 2.24) is 0 Å². The van der Waals surface area contributed by atoms with Gasteiger partial charge in [0.15, 0.2) is 0 Å². The number of ether oxygens (including phenoxy) is 1. The maximum atomic E-state index is 10.9. The quantitative estimate of drug-likeness (QED) is 0.393. The first kappa shape index (κ1) is 10.8. The summed E-state index contributed by atoms with van der Waals surface area (Å²) in [6.45, 7) is 1.69. The van der Waals surface area contributed by atoms with Crippen LogP contribution in [-0.2, 0) is 4.79 Å². The Morgan fingerprint density at radius 1 is 1.50 bits per heavy atom. The van der Waals surface area contributed by atoms with Crippen LogP contribution in [0.4, 0.5) is 0 Å². The van der Waals surface area contributed by atoms with Gasteiger partial charge in [0.1, 0.15) is 5.75 Å². The number of esters is 1. The van der Waals surface area contributed by atoms with Gasteiger partial charge in [-0.1, -0.05) is 19.1 Å². The number of carbonyl (C=O) groups is 1. The standard InChI is InChI=1S/C9H11BO4/c1-2-9(11)14-8-5-3-4-7(6-8)10(12)13/h3-6,12-13H,2H2,1H3. The van der Waals surface area contributed by atoms with Gasteiger partial charge in [-0.2, -0.15) is 0 Å². The fourth-order valence-electron chi connectivity index (χ4n) is 0.942. The molecule has 0 aromatic heterocycles. The molecule has 1 aromatic rings. The Bertz CT molecular complexity index is 324. The summed E-state index contributed by atoms with van der Waals surface area (Å²) in [6, 6.07) is 6.12. The topological polar surface area (TPSA) is 66.8 Å². The zero-order valence-corrected chi connectivity index (χ0v) is 7.80. The second kappa shape index (κ2) is 4.78. The summed E-state index contributed by atoms with van der Waals surface area (Å²) in [4.78, 5) is 10.9. The summed E-state index contributed by atoms with van der Waals surface area (Å²) in [5, 5.41) is 17.7. The Balaban J connectivity index is 2.78. The van der Waals surface area contributed by atoms with Gasteiger partial charge < -0.3 is 14.8 Å². The maximum absolute atomic E-state index is 10.9. The molecule has 2 N–H and O–H groups in total. The molecular formula is C9H11BO4. The molecule has 0 fully saturated rings. The van der Waals surface area contributed by atoms with Crippen molar-refractivity contribution >= 4 is 18.6 Å². The van der Waals surface area contributed by atoms with Crippen molar-refractivity contribution in [2.45, 2.75) is 13.3 Å². The summed E-state index contributed by atoms with van der Waals surface area (Å²) in [6.07, 6.45) is 0.284. The van der Waals surface area contributed by atoms with Crippen LogP contribution >= 0.6 is 0 Å². The minimum absolute atomic E-state index is 0.284. The minimum atomic E-state index is -1.55. The molecule has 74 valence electrons. The van der Waals surface area contributed by atoms with E-state index in [0.717, 1.165) is 0 Å². The highest BCUT2D eigenvalue weighted by Crippen LogP contribution is 2.08. The zero-order chi connectivity index (χ0) is 10.6. The number of hydrogen-bond acceptors (Lipinski definition) is 4. The van der Waals surface area contributed by atoms with Gasteiger partial charge in [-0.3, -0.25) is 4.79 Å². The van der Waals surface area contributed by atoms with Crippen LogP contribution in [0, 0.1) is 0 Å². The average Bonchev–Trinajstić information content (AvgIpc) is 2.18. The van der Waals surface area contributed by atoms with E-state index in [9.17, 15) is 4.79 Å². The third-order valence-corrected chi connectivity index (χ3v) is 1.68. The lowest BCUT2D eigenvalue weighted by Crippen LogP contribution is -2.29. The molecule has 0 bridgehead atoms. The van der Waals surface area contributed by atoms with Crippen molar-refractivity contribution in [3.8, 4) is 5.75 Å². The summed E-state index contributed by atoms with van der Waals surface area (Å²) < 4.78 is 4.89.